The molecule has 0 spiro atoms. The topological polar surface area (TPSA) is 29.5 Å². The van der Waals surface area contributed by atoms with Crippen LogP contribution in [0.5, 0.6) is 0 Å². The highest BCUT2D eigenvalue weighted by Gasteiger charge is 2.17. The Labute approximate surface area is 69.7 Å². The summed E-state index contributed by atoms with van der Waals surface area (Å²) < 4.78 is 5.56. The molecule has 0 radical (unpaired) electrons. The molecule has 0 aliphatic carbocycles. The van der Waals surface area contributed by atoms with Crippen molar-refractivity contribution >= 4 is 22.6 Å². The lowest BCUT2D eigenvalue weighted by Crippen LogP contribution is -2.26. The van der Waals surface area contributed by atoms with E-state index < -0.39 is 5.79 Å². The summed E-state index contributed by atoms with van der Waals surface area (Å²) in [6, 6.07) is 0. The zero-order valence-electron chi connectivity index (χ0n) is 5.85. The molecule has 2 nitrogen and oxygen atoms in total. The lowest BCUT2D eigenvalue weighted by molar-refractivity contribution is -0.177. The third-order valence-corrected chi connectivity index (χ3v) is 1.39. The minimum atomic E-state index is -0.907. The third kappa shape index (κ3) is 5.11. The molecule has 0 amide bonds. The highest BCUT2D eigenvalue weighted by atomic mass is 127. The fourth-order valence-corrected chi connectivity index (χ4v) is 1.32. The summed E-state index contributed by atoms with van der Waals surface area (Å²) in [5.74, 6) is -0.907. The van der Waals surface area contributed by atoms with Crippen LogP contribution in [0.2, 0.25) is 0 Å². The Balaban J connectivity index is 3.43. The van der Waals surface area contributed by atoms with Crippen LogP contribution in [-0.2, 0) is 4.74 Å². The van der Waals surface area contributed by atoms with Crippen molar-refractivity contribution in [1.29, 1.82) is 0 Å². The van der Waals surface area contributed by atoms with Crippen LogP contribution in [0.1, 0.15) is 26.7 Å². The third-order valence-electron chi connectivity index (χ3n) is 1.08. The number of aliphatic hydroxyl groups is 1. The first kappa shape index (κ1) is 9.65. The van der Waals surface area contributed by atoms with Gasteiger partial charge in [-0.1, -0.05) is 35.9 Å². The molecule has 0 aromatic heterocycles. The Morgan fingerprint density at radius 2 is 2.22 bits per heavy atom. The van der Waals surface area contributed by atoms with Crippen LogP contribution in [0.25, 0.3) is 0 Å². The van der Waals surface area contributed by atoms with Crippen molar-refractivity contribution in [3.63, 3.8) is 0 Å². The maximum Gasteiger partial charge on any atom is 0.163 e. The number of halogens is 1. The Hall–Kier alpha value is 0.650. The van der Waals surface area contributed by atoms with Gasteiger partial charge in [0.2, 0.25) is 0 Å². The molecule has 0 heterocycles. The molecule has 0 rings (SSSR count). The largest absolute Gasteiger partial charge is 0.366 e. The van der Waals surface area contributed by atoms with E-state index in [9.17, 15) is 5.11 Å². The maximum absolute atomic E-state index is 9.29. The molecule has 1 atom stereocenters. The van der Waals surface area contributed by atoms with Gasteiger partial charge in [-0.3, -0.25) is 0 Å². The fraction of sp³-hybridized carbons (Fsp3) is 1.00. The van der Waals surface area contributed by atoms with E-state index >= 15 is 0 Å². The molecule has 1 N–H and O–H groups in total. The number of alkyl halides is 1. The monoisotopic (exact) mass is 244 g/mol. The Morgan fingerprint density at radius 1 is 1.67 bits per heavy atom. The summed E-state index contributed by atoms with van der Waals surface area (Å²) in [7, 11) is 0. The molecule has 3 heteroatoms. The molecule has 0 saturated carbocycles. The van der Waals surface area contributed by atoms with E-state index in [0.717, 1.165) is 6.42 Å². The average Bonchev–Trinajstić information content (AvgIpc) is 1.64. The highest BCUT2D eigenvalue weighted by molar-refractivity contribution is 14.1. The lowest BCUT2D eigenvalue weighted by atomic mass is 10.2. The fourth-order valence-electron chi connectivity index (χ4n) is 0.654. The normalized spacial score (nSPS) is 17.3. The quantitative estimate of drug-likeness (QED) is 0.465. The number of hydrogen-bond acceptors (Lipinski definition) is 2. The maximum atomic E-state index is 9.29. The first-order valence-corrected chi connectivity index (χ1v) is 4.57. The van der Waals surface area contributed by atoms with Crippen molar-refractivity contribution in [2.75, 3.05) is 4.61 Å². The zero-order chi connectivity index (χ0) is 7.33. The minimum Gasteiger partial charge on any atom is -0.366 e. The van der Waals surface area contributed by atoms with E-state index in [4.69, 9.17) is 4.74 Å². The summed E-state index contributed by atoms with van der Waals surface area (Å²) in [5, 5.41) is 9.29. The van der Waals surface area contributed by atoms with Crippen LogP contribution in [0.4, 0.5) is 0 Å². The van der Waals surface area contributed by atoms with Crippen molar-refractivity contribution < 1.29 is 9.84 Å². The van der Waals surface area contributed by atoms with Crippen LogP contribution >= 0.6 is 22.6 Å². The Bertz CT molecular complexity index is 65.5. The summed E-state index contributed by atoms with van der Waals surface area (Å²) in [5.41, 5.74) is 0. The highest BCUT2D eigenvalue weighted by Crippen LogP contribution is 2.13. The zero-order valence-corrected chi connectivity index (χ0v) is 8.01. The van der Waals surface area contributed by atoms with Crippen LogP contribution in [0.3, 0.4) is 0 Å². The van der Waals surface area contributed by atoms with Crippen LogP contribution in [0.15, 0.2) is 0 Å². The molecule has 1 unspecified atom stereocenters. The van der Waals surface area contributed by atoms with Crippen LogP contribution < -0.4 is 0 Å². The number of ether oxygens (including phenoxy) is 1. The van der Waals surface area contributed by atoms with Crippen LogP contribution in [0, 0.1) is 0 Å². The van der Waals surface area contributed by atoms with E-state index in [-0.39, 0.29) is 0 Å². The molecule has 56 valence electrons. The van der Waals surface area contributed by atoms with Gasteiger partial charge >= 0.3 is 0 Å². The standard InChI is InChI=1S/C6H13IO2/c1-3-4-6(2,8)9-5-7/h8H,3-5H2,1-2H3. The smallest absolute Gasteiger partial charge is 0.163 e. The lowest BCUT2D eigenvalue weighted by Gasteiger charge is -2.21. The molecule has 0 aliphatic rings. The molecule has 0 fully saturated rings. The predicted octanol–water partition coefficient (Wildman–Crippen LogP) is 1.90. The Morgan fingerprint density at radius 3 is 2.56 bits per heavy atom. The summed E-state index contributed by atoms with van der Waals surface area (Å²) in [6.45, 7) is 3.71. The van der Waals surface area contributed by atoms with Crippen molar-refractivity contribution in [2.24, 2.45) is 0 Å². The van der Waals surface area contributed by atoms with Gasteiger partial charge in [-0.15, -0.1) is 0 Å². The van der Waals surface area contributed by atoms with E-state index in [1.165, 1.54) is 0 Å². The van der Waals surface area contributed by atoms with Gasteiger partial charge in [-0.25, -0.2) is 0 Å². The van der Waals surface area contributed by atoms with E-state index in [1.54, 1.807) is 6.92 Å². The summed E-state index contributed by atoms with van der Waals surface area (Å²) >= 11 is 2.07. The Kier molecular flexibility index (Phi) is 4.79. The van der Waals surface area contributed by atoms with Gasteiger partial charge in [0.05, 0.1) is 0 Å². The summed E-state index contributed by atoms with van der Waals surface area (Å²) in [4.78, 5) is 0. The molecular weight excluding hydrogens is 231 g/mol. The second kappa shape index (κ2) is 4.46. The van der Waals surface area contributed by atoms with E-state index in [0.29, 0.717) is 11.0 Å². The molecule has 0 saturated heterocycles. The molecule has 0 bridgehead atoms. The molecule has 0 aliphatic heterocycles. The van der Waals surface area contributed by atoms with Crippen LogP contribution in [-0.4, -0.2) is 15.5 Å². The van der Waals surface area contributed by atoms with E-state index in [2.05, 4.69) is 22.6 Å². The van der Waals surface area contributed by atoms with Gasteiger partial charge in [0.1, 0.15) is 4.61 Å². The SMILES string of the molecule is CCCC(C)(O)OCI. The average molecular weight is 244 g/mol. The van der Waals surface area contributed by atoms with Crippen molar-refractivity contribution in [1.82, 2.24) is 0 Å². The second-order valence-electron chi connectivity index (χ2n) is 2.18. The minimum absolute atomic E-state index is 0.546. The van der Waals surface area contributed by atoms with Gasteiger partial charge in [-0.2, -0.15) is 0 Å². The van der Waals surface area contributed by atoms with Crippen molar-refractivity contribution in [3.8, 4) is 0 Å². The number of hydrogen-bond donors (Lipinski definition) is 1. The summed E-state index contributed by atoms with van der Waals surface area (Å²) in [6.07, 6.45) is 1.65. The molecule has 9 heavy (non-hydrogen) atoms. The molecule has 0 aromatic rings. The second-order valence-corrected chi connectivity index (χ2v) is 2.80. The van der Waals surface area contributed by atoms with Crippen molar-refractivity contribution in [3.05, 3.63) is 0 Å². The van der Waals surface area contributed by atoms with Gasteiger partial charge in [-0.05, 0) is 6.92 Å². The van der Waals surface area contributed by atoms with E-state index in [1.807, 2.05) is 6.92 Å². The van der Waals surface area contributed by atoms with Gasteiger partial charge in [0, 0.05) is 6.42 Å². The molecule has 0 aromatic carbocycles. The van der Waals surface area contributed by atoms with Gasteiger partial charge in [0.15, 0.2) is 5.79 Å². The predicted molar refractivity (Wildman–Crippen MR) is 45.5 cm³/mol. The molecular formula is C6H13IO2. The first-order valence-electron chi connectivity index (χ1n) is 3.04. The van der Waals surface area contributed by atoms with Gasteiger partial charge in [0.25, 0.3) is 0 Å². The van der Waals surface area contributed by atoms with Crippen molar-refractivity contribution in [2.45, 2.75) is 32.5 Å². The van der Waals surface area contributed by atoms with Gasteiger partial charge < -0.3 is 9.84 Å². The number of rotatable bonds is 4. The first-order chi connectivity index (χ1) is 4.12.